The van der Waals surface area contributed by atoms with E-state index in [-0.39, 0.29) is 12.6 Å². The molecule has 0 spiro atoms. The van der Waals surface area contributed by atoms with Crippen molar-refractivity contribution in [3.8, 4) is 0 Å². The summed E-state index contributed by atoms with van der Waals surface area (Å²) in [7, 11) is 0. The first-order valence-electron chi connectivity index (χ1n) is 6.97. The molecule has 1 aromatic rings. The molecule has 1 aliphatic carbocycles. The molecule has 1 aromatic carbocycles. The quantitative estimate of drug-likeness (QED) is 0.685. The van der Waals surface area contributed by atoms with Gasteiger partial charge in [-0.3, -0.25) is 0 Å². The van der Waals surface area contributed by atoms with Crippen LogP contribution in [0.25, 0.3) is 0 Å². The Morgan fingerprint density at radius 2 is 1.95 bits per heavy atom. The first-order chi connectivity index (χ1) is 9.29. The number of hydrogen-bond acceptors (Lipinski definition) is 2. The van der Waals surface area contributed by atoms with Crippen LogP contribution in [0.2, 0.25) is 0 Å². The van der Waals surface area contributed by atoms with Crippen LogP contribution in [0.4, 0.5) is 4.79 Å². The lowest BCUT2D eigenvalue weighted by molar-refractivity contribution is 0.223. The highest BCUT2D eigenvalue weighted by molar-refractivity contribution is 5.73. The van der Waals surface area contributed by atoms with Gasteiger partial charge in [0.05, 0.1) is 0 Å². The van der Waals surface area contributed by atoms with E-state index in [1.54, 1.807) is 0 Å². The van der Waals surface area contributed by atoms with Crippen LogP contribution in [0.15, 0.2) is 30.3 Å². The van der Waals surface area contributed by atoms with Crippen molar-refractivity contribution in [1.29, 1.82) is 0 Å². The van der Waals surface area contributed by atoms with Gasteiger partial charge >= 0.3 is 6.03 Å². The molecule has 0 heterocycles. The summed E-state index contributed by atoms with van der Waals surface area (Å²) in [6.45, 7) is 1.38. The van der Waals surface area contributed by atoms with E-state index in [1.165, 1.54) is 5.56 Å². The highest BCUT2D eigenvalue weighted by Crippen LogP contribution is 2.40. The average Bonchev–Trinajstić information content (AvgIpc) is 2.38. The number of urea groups is 1. The number of aliphatic hydroxyl groups is 1. The van der Waals surface area contributed by atoms with Crippen molar-refractivity contribution in [3.05, 3.63) is 35.9 Å². The third-order valence-corrected chi connectivity index (χ3v) is 3.68. The van der Waals surface area contributed by atoms with E-state index < -0.39 is 0 Å². The van der Waals surface area contributed by atoms with Crippen molar-refractivity contribution in [1.82, 2.24) is 10.6 Å². The zero-order valence-corrected chi connectivity index (χ0v) is 11.1. The first-order valence-corrected chi connectivity index (χ1v) is 6.97. The lowest BCUT2D eigenvalue weighted by atomic mass is 9.71. The van der Waals surface area contributed by atoms with Gasteiger partial charge < -0.3 is 15.7 Å². The van der Waals surface area contributed by atoms with Crippen molar-refractivity contribution in [3.63, 3.8) is 0 Å². The van der Waals surface area contributed by atoms with Crippen LogP contribution in [0.1, 0.15) is 30.7 Å². The molecular formula is C15H22N2O2. The maximum atomic E-state index is 11.4. The SMILES string of the molecule is O=C(NCCCO)NCC1CC(c2ccccc2)C1. The van der Waals surface area contributed by atoms with Gasteiger partial charge in [0.25, 0.3) is 0 Å². The second-order valence-electron chi connectivity index (χ2n) is 5.16. The minimum atomic E-state index is -0.128. The topological polar surface area (TPSA) is 61.4 Å². The Morgan fingerprint density at radius 3 is 2.63 bits per heavy atom. The summed E-state index contributed by atoms with van der Waals surface area (Å²) in [4.78, 5) is 11.4. The fourth-order valence-electron chi connectivity index (χ4n) is 2.48. The van der Waals surface area contributed by atoms with Gasteiger partial charge in [-0.25, -0.2) is 4.79 Å². The lowest BCUT2D eigenvalue weighted by Crippen LogP contribution is -2.41. The molecule has 104 valence electrons. The molecule has 3 N–H and O–H groups in total. The zero-order chi connectivity index (χ0) is 13.5. The van der Waals surface area contributed by atoms with Gasteiger partial charge in [0.2, 0.25) is 0 Å². The van der Waals surface area contributed by atoms with E-state index in [1.807, 2.05) is 6.07 Å². The summed E-state index contributed by atoms with van der Waals surface area (Å²) in [5.41, 5.74) is 1.41. The van der Waals surface area contributed by atoms with Crippen LogP contribution in [-0.2, 0) is 0 Å². The Labute approximate surface area is 114 Å². The summed E-state index contributed by atoms with van der Waals surface area (Å²) in [6, 6.07) is 10.4. The smallest absolute Gasteiger partial charge is 0.314 e. The predicted molar refractivity (Wildman–Crippen MR) is 75.0 cm³/mol. The van der Waals surface area contributed by atoms with Crippen LogP contribution in [-0.4, -0.2) is 30.8 Å². The lowest BCUT2D eigenvalue weighted by Gasteiger charge is -2.35. The van der Waals surface area contributed by atoms with E-state index in [9.17, 15) is 4.79 Å². The number of benzene rings is 1. The predicted octanol–water partition coefficient (Wildman–Crippen LogP) is 1.86. The second kappa shape index (κ2) is 7.14. The van der Waals surface area contributed by atoms with Gasteiger partial charge in [-0.2, -0.15) is 0 Å². The van der Waals surface area contributed by atoms with Gasteiger partial charge in [0, 0.05) is 19.7 Å². The molecule has 19 heavy (non-hydrogen) atoms. The number of rotatable bonds is 6. The number of amides is 2. The van der Waals surface area contributed by atoms with E-state index in [4.69, 9.17) is 5.11 Å². The summed E-state index contributed by atoms with van der Waals surface area (Å²) < 4.78 is 0. The molecule has 0 unspecified atom stereocenters. The van der Waals surface area contributed by atoms with Crippen molar-refractivity contribution in [2.24, 2.45) is 5.92 Å². The third-order valence-electron chi connectivity index (χ3n) is 3.68. The monoisotopic (exact) mass is 262 g/mol. The maximum absolute atomic E-state index is 11.4. The van der Waals surface area contributed by atoms with Gasteiger partial charge in [0.1, 0.15) is 0 Å². The van der Waals surface area contributed by atoms with E-state index in [2.05, 4.69) is 34.9 Å². The van der Waals surface area contributed by atoms with Crippen LogP contribution in [0, 0.1) is 5.92 Å². The van der Waals surface area contributed by atoms with E-state index in [0.29, 0.717) is 24.8 Å². The maximum Gasteiger partial charge on any atom is 0.314 e. The van der Waals surface area contributed by atoms with Crippen molar-refractivity contribution >= 4 is 6.03 Å². The van der Waals surface area contributed by atoms with E-state index in [0.717, 1.165) is 19.4 Å². The van der Waals surface area contributed by atoms with Gasteiger partial charge in [-0.1, -0.05) is 30.3 Å². The minimum Gasteiger partial charge on any atom is -0.396 e. The first kappa shape index (κ1) is 13.9. The van der Waals surface area contributed by atoms with Gasteiger partial charge in [-0.05, 0) is 36.7 Å². The number of carbonyl (C=O) groups excluding carboxylic acids is 1. The molecule has 1 fully saturated rings. The Morgan fingerprint density at radius 1 is 1.21 bits per heavy atom. The van der Waals surface area contributed by atoms with Gasteiger partial charge in [0.15, 0.2) is 0 Å². The van der Waals surface area contributed by atoms with Gasteiger partial charge in [-0.15, -0.1) is 0 Å². The van der Waals surface area contributed by atoms with Crippen molar-refractivity contribution < 1.29 is 9.90 Å². The van der Waals surface area contributed by atoms with Crippen LogP contribution in [0.3, 0.4) is 0 Å². The normalized spacial score (nSPS) is 21.5. The Balaban J connectivity index is 1.59. The molecule has 0 aliphatic heterocycles. The second-order valence-corrected chi connectivity index (χ2v) is 5.16. The Hall–Kier alpha value is -1.55. The largest absolute Gasteiger partial charge is 0.396 e. The standard InChI is InChI=1S/C15H22N2O2/c18-8-4-7-16-15(19)17-11-12-9-14(10-12)13-5-2-1-3-6-13/h1-3,5-6,12,14,18H,4,7-11H2,(H2,16,17,19). The molecule has 4 heteroatoms. The van der Waals surface area contributed by atoms with Crippen molar-refractivity contribution in [2.75, 3.05) is 19.7 Å². The molecule has 2 rings (SSSR count). The Kier molecular flexibility index (Phi) is 5.21. The molecular weight excluding hydrogens is 240 g/mol. The summed E-state index contributed by atoms with van der Waals surface area (Å²) in [5.74, 6) is 1.25. The molecule has 4 nitrogen and oxygen atoms in total. The van der Waals surface area contributed by atoms with Crippen LogP contribution < -0.4 is 10.6 Å². The third kappa shape index (κ3) is 4.24. The number of aliphatic hydroxyl groups excluding tert-OH is 1. The molecule has 0 radical (unpaired) electrons. The highest BCUT2D eigenvalue weighted by Gasteiger charge is 2.30. The Bertz CT molecular complexity index is 388. The zero-order valence-electron chi connectivity index (χ0n) is 11.1. The number of hydrogen-bond donors (Lipinski definition) is 3. The molecule has 0 atom stereocenters. The molecule has 1 aliphatic rings. The summed E-state index contributed by atoms with van der Waals surface area (Å²) >= 11 is 0. The fourth-order valence-corrected chi connectivity index (χ4v) is 2.48. The molecule has 2 amide bonds. The average molecular weight is 262 g/mol. The number of carbonyl (C=O) groups is 1. The highest BCUT2D eigenvalue weighted by atomic mass is 16.3. The minimum absolute atomic E-state index is 0.113. The summed E-state index contributed by atoms with van der Waals surface area (Å²) in [5, 5.41) is 14.2. The van der Waals surface area contributed by atoms with Crippen molar-refractivity contribution in [2.45, 2.75) is 25.2 Å². The number of nitrogens with one attached hydrogen (secondary N) is 2. The van der Waals surface area contributed by atoms with E-state index >= 15 is 0 Å². The molecule has 0 bridgehead atoms. The summed E-state index contributed by atoms with van der Waals surface area (Å²) in [6.07, 6.45) is 2.91. The van der Waals surface area contributed by atoms with Crippen LogP contribution in [0.5, 0.6) is 0 Å². The molecule has 1 saturated carbocycles. The van der Waals surface area contributed by atoms with Crippen LogP contribution >= 0.6 is 0 Å². The molecule has 0 saturated heterocycles. The fraction of sp³-hybridized carbons (Fsp3) is 0.533. The molecule has 0 aromatic heterocycles.